The van der Waals surface area contributed by atoms with E-state index in [-0.39, 0.29) is 25.5 Å². The molecule has 0 radical (unpaired) electrons. The van der Waals surface area contributed by atoms with E-state index in [4.69, 9.17) is 5.11 Å². The van der Waals surface area contributed by atoms with Crippen molar-refractivity contribution in [2.24, 2.45) is 0 Å². The lowest BCUT2D eigenvalue weighted by Crippen LogP contribution is -2.48. The number of carboxylic acid groups (broad SMARTS) is 1. The van der Waals surface area contributed by atoms with Crippen LogP contribution in [0.2, 0.25) is 0 Å². The zero-order valence-corrected chi connectivity index (χ0v) is 13.2. The Labute approximate surface area is 126 Å². The smallest absolute Gasteiger partial charge is 0.320 e. The number of unbranched alkanes of at least 4 members (excludes halogenated alkanes) is 2. The van der Waals surface area contributed by atoms with Gasteiger partial charge in [-0.2, -0.15) is 0 Å². The van der Waals surface area contributed by atoms with Gasteiger partial charge in [0.1, 0.15) is 6.04 Å². The summed E-state index contributed by atoms with van der Waals surface area (Å²) in [6.07, 6.45) is 6.63. The number of carbonyl (C=O) groups excluding carboxylic acids is 1. The highest BCUT2D eigenvalue weighted by Crippen LogP contribution is 2.01. The molecule has 0 bridgehead atoms. The number of hydrogen-bond donors (Lipinski definition) is 3. The third-order valence-electron chi connectivity index (χ3n) is 3.08. The van der Waals surface area contributed by atoms with Crippen LogP contribution in [0.3, 0.4) is 0 Å². The van der Waals surface area contributed by atoms with Crippen LogP contribution >= 0.6 is 0 Å². The summed E-state index contributed by atoms with van der Waals surface area (Å²) in [5.41, 5.74) is 0. The van der Waals surface area contributed by atoms with E-state index in [2.05, 4.69) is 12.2 Å². The fourth-order valence-electron chi connectivity index (χ4n) is 1.75. The molecule has 6 nitrogen and oxygen atoms in total. The van der Waals surface area contributed by atoms with E-state index < -0.39 is 18.1 Å². The number of aliphatic hydroxyl groups is 1. The minimum Gasteiger partial charge on any atom is -0.480 e. The minimum atomic E-state index is -0.982. The Hall–Kier alpha value is -1.40. The molecule has 0 aliphatic heterocycles. The Morgan fingerprint density at radius 2 is 1.95 bits per heavy atom. The zero-order valence-electron chi connectivity index (χ0n) is 13.2. The molecule has 0 spiro atoms. The maximum Gasteiger partial charge on any atom is 0.320 e. The number of nitrogens with zero attached hydrogens (tertiary/aromatic N) is 1. The molecule has 0 fully saturated rings. The number of nitrogens with one attached hydrogen (secondary N) is 1. The molecular formula is C15H28N2O4. The van der Waals surface area contributed by atoms with Crippen LogP contribution in [0.4, 0.5) is 0 Å². The number of rotatable bonds is 11. The first-order valence-corrected chi connectivity index (χ1v) is 7.45. The molecule has 0 saturated carbocycles. The van der Waals surface area contributed by atoms with Crippen molar-refractivity contribution < 1.29 is 19.8 Å². The Morgan fingerprint density at radius 1 is 1.29 bits per heavy atom. The second-order valence-electron chi connectivity index (χ2n) is 5.21. The van der Waals surface area contributed by atoms with Gasteiger partial charge in [-0.3, -0.25) is 14.5 Å². The summed E-state index contributed by atoms with van der Waals surface area (Å²) in [7, 11) is 0. The summed E-state index contributed by atoms with van der Waals surface area (Å²) in [4.78, 5) is 24.2. The van der Waals surface area contributed by atoms with E-state index in [1.54, 1.807) is 6.92 Å². The summed E-state index contributed by atoms with van der Waals surface area (Å²) in [6, 6.07) is -0.764. The summed E-state index contributed by atoms with van der Waals surface area (Å²) >= 11 is 0. The van der Waals surface area contributed by atoms with E-state index in [9.17, 15) is 14.7 Å². The number of carbonyl (C=O) groups is 2. The molecule has 1 amide bonds. The van der Waals surface area contributed by atoms with Crippen LogP contribution in [0, 0.1) is 0 Å². The van der Waals surface area contributed by atoms with Gasteiger partial charge in [-0.25, -0.2) is 0 Å². The van der Waals surface area contributed by atoms with Gasteiger partial charge in [-0.15, -0.1) is 0 Å². The van der Waals surface area contributed by atoms with Crippen molar-refractivity contribution in [1.29, 1.82) is 0 Å². The Bertz CT molecular complexity index is 343. The maximum atomic E-state index is 11.7. The fourth-order valence-corrected chi connectivity index (χ4v) is 1.75. The van der Waals surface area contributed by atoms with Crippen molar-refractivity contribution in [2.75, 3.05) is 13.2 Å². The normalized spacial score (nSPS) is 14.3. The van der Waals surface area contributed by atoms with Gasteiger partial charge < -0.3 is 15.5 Å². The predicted molar refractivity (Wildman–Crippen MR) is 81.8 cm³/mol. The van der Waals surface area contributed by atoms with Gasteiger partial charge in [0.15, 0.2) is 0 Å². The quantitative estimate of drug-likeness (QED) is 0.304. The lowest BCUT2D eigenvalue weighted by Gasteiger charge is -2.27. The number of aliphatic hydroxyl groups excluding tert-OH is 1. The molecule has 122 valence electrons. The Kier molecular flexibility index (Phi) is 10.5. The topological polar surface area (TPSA) is 89.9 Å². The van der Waals surface area contributed by atoms with E-state index in [0.717, 1.165) is 19.3 Å². The highest BCUT2D eigenvalue weighted by atomic mass is 16.4. The molecule has 0 aromatic carbocycles. The molecule has 0 aliphatic rings. The van der Waals surface area contributed by atoms with Gasteiger partial charge in [-0.1, -0.05) is 31.9 Å². The van der Waals surface area contributed by atoms with Gasteiger partial charge in [0, 0.05) is 13.0 Å². The molecule has 0 aromatic heterocycles. The third-order valence-corrected chi connectivity index (χ3v) is 3.08. The molecule has 0 saturated heterocycles. The van der Waals surface area contributed by atoms with Crippen molar-refractivity contribution in [2.45, 2.75) is 58.6 Å². The van der Waals surface area contributed by atoms with E-state index in [1.165, 1.54) is 11.8 Å². The molecule has 3 N–H and O–H groups in total. The van der Waals surface area contributed by atoms with Crippen molar-refractivity contribution >= 4 is 11.9 Å². The molecule has 0 rings (SSSR count). The van der Waals surface area contributed by atoms with Gasteiger partial charge in [0.05, 0.1) is 12.8 Å². The number of aliphatic carboxylic acids is 1. The number of hydrogen-bond acceptors (Lipinski definition) is 4. The number of allylic oxidation sites excluding steroid dienone is 1. The second-order valence-corrected chi connectivity index (χ2v) is 5.21. The first-order chi connectivity index (χ1) is 9.88. The van der Waals surface area contributed by atoms with Crippen molar-refractivity contribution in [1.82, 2.24) is 10.2 Å². The van der Waals surface area contributed by atoms with Gasteiger partial charge in [0.25, 0.3) is 0 Å². The van der Waals surface area contributed by atoms with Gasteiger partial charge in [0.2, 0.25) is 5.91 Å². The van der Waals surface area contributed by atoms with Crippen LogP contribution in [-0.2, 0) is 9.59 Å². The summed E-state index contributed by atoms with van der Waals surface area (Å²) in [5, 5.41) is 21.1. The zero-order chi connectivity index (χ0) is 16.3. The van der Waals surface area contributed by atoms with Crippen molar-refractivity contribution in [3.8, 4) is 0 Å². The van der Waals surface area contributed by atoms with Crippen LogP contribution in [0.15, 0.2) is 12.2 Å². The summed E-state index contributed by atoms with van der Waals surface area (Å²) in [5.74, 6) is -1.14. The average molecular weight is 300 g/mol. The highest BCUT2D eigenvalue weighted by Gasteiger charge is 2.21. The van der Waals surface area contributed by atoms with E-state index in [1.807, 2.05) is 12.2 Å². The SMILES string of the molecule is CCCC/C=C/CC(=O)NCN(CC(C)O)C(C)C(=O)O. The highest BCUT2D eigenvalue weighted by molar-refractivity contribution is 5.77. The van der Waals surface area contributed by atoms with Crippen LogP contribution in [0.1, 0.15) is 46.5 Å². The molecule has 0 heterocycles. The molecule has 6 heteroatoms. The molecule has 2 unspecified atom stereocenters. The molecule has 21 heavy (non-hydrogen) atoms. The summed E-state index contributed by atoms with van der Waals surface area (Å²) < 4.78 is 0. The standard InChI is InChI=1S/C15H28N2O4/c1-4-5-6-7-8-9-14(19)16-11-17(10-12(2)18)13(3)15(20)21/h7-8,12-13,18H,4-6,9-11H2,1-3H3,(H,16,19)(H,20,21)/b8-7+. The lowest BCUT2D eigenvalue weighted by atomic mass is 10.2. The predicted octanol–water partition coefficient (Wildman–Crippen LogP) is 1.35. The number of carboxylic acids is 1. The maximum absolute atomic E-state index is 11.7. The van der Waals surface area contributed by atoms with Crippen LogP contribution in [-0.4, -0.2) is 52.3 Å². The first kappa shape index (κ1) is 19.6. The van der Waals surface area contributed by atoms with Gasteiger partial charge in [-0.05, 0) is 20.3 Å². The Balaban J connectivity index is 4.19. The van der Waals surface area contributed by atoms with Gasteiger partial charge >= 0.3 is 5.97 Å². The van der Waals surface area contributed by atoms with Crippen molar-refractivity contribution in [3.05, 3.63) is 12.2 Å². The Morgan fingerprint density at radius 3 is 2.48 bits per heavy atom. The van der Waals surface area contributed by atoms with Crippen LogP contribution in [0.5, 0.6) is 0 Å². The molecule has 2 atom stereocenters. The van der Waals surface area contributed by atoms with Crippen LogP contribution in [0.25, 0.3) is 0 Å². The fraction of sp³-hybridized carbons (Fsp3) is 0.733. The third kappa shape index (κ3) is 10.0. The monoisotopic (exact) mass is 300 g/mol. The largest absolute Gasteiger partial charge is 0.480 e. The minimum absolute atomic E-state index is 0.111. The van der Waals surface area contributed by atoms with Crippen LogP contribution < -0.4 is 5.32 Å². The van der Waals surface area contributed by atoms with E-state index >= 15 is 0 Å². The molecule has 0 aromatic rings. The van der Waals surface area contributed by atoms with E-state index in [0.29, 0.717) is 0 Å². The second kappa shape index (κ2) is 11.3. The average Bonchev–Trinajstić information content (AvgIpc) is 2.41. The first-order valence-electron chi connectivity index (χ1n) is 7.45. The molecule has 0 aliphatic carbocycles. The van der Waals surface area contributed by atoms with Crippen molar-refractivity contribution in [3.63, 3.8) is 0 Å². The summed E-state index contributed by atoms with van der Waals surface area (Å²) in [6.45, 7) is 5.53. The number of amides is 1. The lowest BCUT2D eigenvalue weighted by molar-refractivity contribution is -0.143. The molecular weight excluding hydrogens is 272 g/mol.